The van der Waals surface area contributed by atoms with E-state index < -0.39 is 12.4 Å². The van der Waals surface area contributed by atoms with Crippen LogP contribution in [0.4, 0.5) is 13.2 Å². The molecule has 7 nitrogen and oxygen atoms in total. The van der Waals surface area contributed by atoms with Gasteiger partial charge in [-0.3, -0.25) is 4.68 Å². The van der Waals surface area contributed by atoms with Crippen LogP contribution in [-0.4, -0.2) is 36.1 Å². The van der Waals surface area contributed by atoms with E-state index in [2.05, 4.69) is 20.3 Å². The lowest BCUT2D eigenvalue weighted by atomic mass is 9.97. The molecule has 162 valence electrons. The highest BCUT2D eigenvalue weighted by Gasteiger charge is 2.19. The van der Waals surface area contributed by atoms with Gasteiger partial charge in [-0.2, -0.15) is 19.0 Å². The number of aryl methyl sites for hydroxylation is 2. The van der Waals surface area contributed by atoms with Crippen LogP contribution in [0.2, 0.25) is 0 Å². The van der Waals surface area contributed by atoms with Crippen molar-refractivity contribution in [1.82, 2.24) is 29.5 Å². The molecule has 0 fully saturated rings. The third kappa shape index (κ3) is 3.24. The van der Waals surface area contributed by atoms with E-state index in [4.69, 9.17) is 4.74 Å². The highest BCUT2D eigenvalue weighted by atomic mass is 19.3. The fourth-order valence-electron chi connectivity index (χ4n) is 3.80. The molecule has 10 heteroatoms. The van der Waals surface area contributed by atoms with Gasteiger partial charge in [-0.15, -0.1) is 5.10 Å². The van der Waals surface area contributed by atoms with Crippen molar-refractivity contribution in [3.63, 3.8) is 0 Å². The molecule has 0 saturated carbocycles. The molecule has 3 aromatic heterocycles. The molecule has 0 aliphatic rings. The number of ether oxygens (including phenoxy) is 1. The van der Waals surface area contributed by atoms with Crippen LogP contribution in [0.1, 0.15) is 6.92 Å². The van der Waals surface area contributed by atoms with Gasteiger partial charge in [-0.1, -0.05) is 6.07 Å². The Morgan fingerprint density at radius 3 is 2.69 bits per heavy atom. The molecular formula is C22H17F3N6O. The molecule has 0 spiro atoms. The molecule has 0 unspecified atom stereocenters. The maximum absolute atomic E-state index is 15.0. The summed E-state index contributed by atoms with van der Waals surface area (Å²) in [5, 5.41) is 13.0. The molecule has 32 heavy (non-hydrogen) atoms. The van der Waals surface area contributed by atoms with E-state index in [1.165, 1.54) is 16.8 Å². The van der Waals surface area contributed by atoms with Crippen LogP contribution in [-0.2, 0) is 13.6 Å². The van der Waals surface area contributed by atoms with Crippen LogP contribution < -0.4 is 4.74 Å². The van der Waals surface area contributed by atoms with Crippen molar-refractivity contribution in [2.24, 2.45) is 7.05 Å². The van der Waals surface area contributed by atoms with Crippen molar-refractivity contribution >= 4 is 22.1 Å². The van der Waals surface area contributed by atoms with Gasteiger partial charge in [0.2, 0.25) is 0 Å². The highest BCUT2D eigenvalue weighted by Crippen LogP contribution is 2.38. The Kier molecular flexibility index (Phi) is 4.76. The predicted octanol–water partition coefficient (Wildman–Crippen LogP) is 4.81. The zero-order valence-electron chi connectivity index (χ0n) is 17.1. The third-order valence-corrected chi connectivity index (χ3v) is 5.38. The number of nitrogens with zero attached hydrogens (tertiary/aromatic N) is 6. The Balaban J connectivity index is 1.72. The minimum Gasteiger partial charge on any atom is -0.434 e. The standard InChI is InChI=1S/C22H17F3N6O/c1-3-31-11-26-20-16(10-27-29-21(20)31)12-4-5-17(23)14(6-12)15-7-13-9-28-30(2)18(13)8-19(15)32-22(24)25/h4-11,22H,3H2,1-2H3. The van der Waals surface area contributed by atoms with Crippen LogP contribution in [0.25, 0.3) is 44.3 Å². The lowest BCUT2D eigenvalue weighted by Crippen LogP contribution is -2.04. The van der Waals surface area contributed by atoms with Crippen molar-refractivity contribution in [3.05, 3.63) is 54.9 Å². The molecule has 0 aliphatic carbocycles. The van der Waals surface area contributed by atoms with Gasteiger partial charge in [0.1, 0.15) is 17.1 Å². The Hall–Kier alpha value is -3.95. The SMILES string of the molecule is CCn1cnc2c(-c3ccc(F)c(-c4cc5cnn(C)c5cc4OC(F)F)c3)cnnc21. The fourth-order valence-corrected chi connectivity index (χ4v) is 3.80. The number of fused-ring (bicyclic) bond motifs is 2. The number of hydrogen-bond donors (Lipinski definition) is 0. The van der Waals surface area contributed by atoms with Crippen molar-refractivity contribution in [1.29, 1.82) is 0 Å². The summed E-state index contributed by atoms with van der Waals surface area (Å²) in [6.45, 7) is -0.430. The Labute approximate surface area is 180 Å². The molecule has 0 N–H and O–H groups in total. The van der Waals surface area contributed by atoms with Gasteiger partial charge in [-0.05, 0) is 30.7 Å². The molecule has 0 amide bonds. The smallest absolute Gasteiger partial charge is 0.387 e. The summed E-state index contributed by atoms with van der Waals surface area (Å²) in [5.74, 6) is -0.714. The van der Waals surface area contributed by atoms with Gasteiger partial charge in [0.25, 0.3) is 0 Å². The molecule has 0 atom stereocenters. The van der Waals surface area contributed by atoms with Gasteiger partial charge in [0.05, 0.1) is 24.2 Å². The maximum Gasteiger partial charge on any atom is 0.387 e. The second-order valence-corrected chi connectivity index (χ2v) is 7.21. The van der Waals surface area contributed by atoms with Gasteiger partial charge >= 0.3 is 6.61 Å². The van der Waals surface area contributed by atoms with Crippen LogP contribution in [0.3, 0.4) is 0 Å². The topological polar surface area (TPSA) is 70.7 Å². The monoisotopic (exact) mass is 438 g/mol. The largest absolute Gasteiger partial charge is 0.434 e. The summed E-state index contributed by atoms with van der Waals surface area (Å²) in [4.78, 5) is 4.42. The normalized spacial score (nSPS) is 11.7. The summed E-state index contributed by atoms with van der Waals surface area (Å²) in [7, 11) is 1.69. The quantitative estimate of drug-likeness (QED) is 0.394. The van der Waals surface area contributed by atoms with Gasteiger partial charge in [0.15, 0.2) is 5.65 Å². The molecule has 2 aromatic carbocycles. The molecule has 0 saturated heterocycles. The second-order valence-electron chi connectivity index (χ2n) is 7.21. The summed E-state index contributed by atoms with van der Waals surface area (Å²) in [6.07, 6.45) is 4.80. The van der Waals surface area contributed by atoms with E-state index in [-0.39, 0.29) is 16.9 Å². The zero-order chi connectivity index (χ0) is 22.4. The van der Waals surface area contributed by atoms with Crippen LogP contribution in [0, 0.1) is 5.82 Å². The van der Waals surface area contributed by atoms with Crippen molar-refractivity contribution in [2.75, 3.05) is 0 Å². The summed E-state index contributed by atoms with van der Waals surface area (Å²) >= 11 is 0. The Bertz CT molecular complexity index is 1460. The molecule has 5 aromatic rings. The lowest BCUT2D eigenvalue weighted by molar-refractivity contribution is -0.0493. The van der Waals surface area contributed by atoms with E-state index in [1.807, 2.05) is 11.5 Å². The summed E-state index contributed by atoms with van der Waals surface area (Å²) in [5.41, 5.74) is 3.40. The first-order valence-electron chi connectivity index (χ1n) is 9.83. The number of halogens is 3. The van der Waals surface area contributed by atoms with E-state index in [0.717, 1.165) is 0 Å². The first-order chi connectivity index (χ1) is 15.5. The lowest BCUT2D eigenvalue weighted by Gasteiger charge is -2.14. The second kappa shape index (κ2) is 7.63. The number of benzene rings is 2. The maximum atomic E-state index is 15.0. The first kappa shape index (κ1) is 20.0. The summed E-state index contributed by atoms with van der Waals surface area (Å²) in [6, 6.07) is 7.48. The van der Waals surface area contributed by atoms with Crippen LogP contribution in [0.5, 0.6) is 5.75 Å². The molecular weight excluding hydrogens is 421 g/mol. The van der Waals surface area contributed by atoms with Gasteiger partial charge in [-0.25, -0.2) is 9.37 Å². The zero-order valence-corrected chi connectivity index (χ0v) is 17.1. The summed E-state index contributed by atoms with van der Waals surface area (Å²) < 4.78 is 49.3. The number of aromatic nitrogens is 6. The number of alkyl halides is 2. The van der Waals surface area contributed by atoms with E-state index in [9.17, 15) is 13.2 Å². The highest BCUT2D eigenvalue weighted by molar-refractivity contribution is 5.92. The van der Waals surface area contributed by atoms with E-state index >= 15 is 0 Å². The van der Waals surface area contributed by atoms with Crippen molar-refractivity contribution in [2.45, 2.75) is 20.1 Å². The Morgan fingerprint density at radius 1 is 1.06 bits per heavy atom. The van der Waals surface area contributed by atoms with E-state index in [0.29, 0.717) is 39.7 Å². The third-order valence-electron chi connectivity index (χ3n) is 5.38. The molecule has 5 rings (SSSR count). The number of hydrogen-bond acceptors (Lipinski definition) is 5. The first-order valence-corrected chi connectivity index (χ1v) is 9.83. The average molecular weight is 438 g/mol. The molecule has 3 heterocycles. The number of imidazole rings is 1. The minimum atomic E-state index is -3.06. The molecule has 0 radical (unpaired) electrons. The van der Waals surface area contributed by atoms with Crippen LogP contribution >= 0.6 is 0 Å². The Morgan fingerprint density at radius 2 is 1.91 bits per heavy atom. The predicted molar refractivity (Wildman–Crippen MR) is 113 cm³/mol. The van der Waals surface area contributed by atoms with Gasteiger partial charge < -0.3 is 9.30 Å². The van der Waals surface area contributed by atoms with E-state index in [1.54, 1.807) is 44.0 Å². The molecule has 0 aliphatic heterocycles. The molecule has 0 bridgehead atoms. The van der Waals surface area contributed by atoms with Crippen LogP contribution in [0.15, 0.2) is 49.1 Å². The number of rotatable bonds is 5. The minimum absolute atomic E-state index is 0.115. The fraction of sp³-hybridized carbons (Fsp3) is 0.182. The van der Waals surface area contributed by atoms with Gasteiger partial charge in [0, 0.05) is 41.7 Å². The van der Waals surface area contributed by atoms with Crippen molar-refractivity contribution in [3.8, 4) is 28.0 Å². The average Bonchev–Trinajstić information content (AvgIpc) is 3.36. The van der Waals surface area contributed by atoms with Crippen molar-refractivity contribution < 1.29 is 17.9 Å².